The number of pyridine rings is 1. The van der Waals surface area contributed by atoms with Gasteiger partial charge in [-0.15, -0.1) is 0 Å². The number of aryl methyl sites for hydroxylation is 1. The first kappa shape index (κ1) is 14.6. The largest absolute Gasteiger partial charge is 0.347 e. The molecule has 0 bridgehead atoms. The van der Waals surface area contributed by atoms with Gasteiger partial charge in [0.1, 0.15) is 5.82 Å². The van der Waals surface area contributed by atoms with Crippen molar-refractivity contribution in [2.24, 2.45) is 0 Å². The fourth-order valence-corrected chi connectivity index (χ4v) is 3.09. The summed E-state index contributed by atoms with van der Waals surface area (Å²) in [6, 6.07) is 5.72. The van der Waals surface area contributed by atoms with Gasteiger partial charge in [-0.2, -0.15) is 5.10 Å². The minimum Gasteiger partial charge on any atom is -0.347 e. The number of imidazole rings is 1. The molecular weight excluding hydrogens is 304 g/mol. The van der Waals surface area contributed by atoms with Gasteiger partial charge in [0.05, 0.1) is 17.5 Å². The van der Waals surface area contributed by atoms with E-state index in [1.54, 1.807) is 23.3 Å². The van der Waals surface area contributed by atoms with E-state index in [0.717, 1.165) is 30.9 Å². The first-order chi connectivity index (χ1) is 11.7. The number of fused-ring (bicyclic) bond motifs is 1. The lowest BCUT2D eigenvalue weighted by Gasteiger charge is -2.24. The third kappa shape index (κ3) is 2.58. The molecule has 0 radical (unpaired) electrons. The lowest BCUT2D eigenvalue weighted by Crippen LogP contribution is -2.41. The second kappa shape index (κ2) is 5.92. The Morgan fingerprint density at radius 1 is 1.29 bits per heavy atom. The molecule has 4 heterocycles. The molecule has 1 atom stereocenters. The molecule has 4 rings (SSSR count). The molecule has 3 aromatic rings. The van der Waals surface area contributed by atoms with Crippen LogP contribution >= 0.6 is 0 Å². The van der Waals surface area contributed by atoms with Gasteiger partial charge < -0.3 is 9.88 Å². The highest BCUT2D eigenvalue weighted by molar-refractivity contribution is 5.95. The number of hydrogen-bond donors (Lipinski definition) is 1. The first-order valence-electron chi connectivity index (χ1n) is 7.99. The molecule has 0 spiro atoms. The monoisotopic (exact) mass is 322 g/mol. The number of amides is 1. The molecular formula is C17H18N6O. The van der Waals surface area contributed by atoms with Gasteiger partial charge in [0.2, 0.25) is 0 Å². The van der Waals surface area contributed by atoms with Crippen LogP contribution in [-0.4, -0.2) is 36.3 Å². The Morgan fingerprint density at radius 2 is 2.21 bits per heavy atom. The van der Waals surface area contributed by atoms with Gasteiger partial charge >= 0.3 is 0 Å². The maximum absolute atomic E-state index is 12.6. The highest BCUT2D eigenvalue weighted by Gasteiger charge is 2.23. The van der Waals surface area contributed by atoms with E-state index in [9.17, 15) is 4.79 Å². The smallest absolute Gasteiger partial charge is 0.255 e. The van der Waals surface area contributed by atoms with Crippen LogP contribution in [0.1, 0.15) is 28.3 Å². The molecule has 0 fully saturated rings. The lowest BCUT2D eigenvalue weighted by atomic mass is 10.1. The summed E-state index contributed by atoms with van der Waals surface area (Å²) in [5, 5.41) is 7.42. The van der Waals surface area contributed by atoms with Crippen molar-refractivity contribution in [2.75, 3.05) is 0 Å². The third-order valence-corrected chi connectivity index (χ3v) is 4.39. The molecule has 1 N–H and O–H groups in total. The van der Waals surface area contributed by atoms with Gasteiger partial charge in [-0.25, -0.2) is 14.6 Å². The Balaban J connectivity index is 1.51. The maximum atomic E-state index is 12.6. The molecule has 0 aromatic carbocycles. The quantitative estimate of drug-likeness (QED) is 0.793. The van der Waals surface area contributed by atoms with Crippen molar-refractivity contribution in [2.45, 2.75) is 32.4 Å². The van der Waals surface area contributed by atoms with E-state index >= 15 is 0 Å². The average molecular weight is 322 g/mol. The molecule has 7 heteroatoms. The van der Waals surface area contributed by atoms with Gasteiger partial charge in [-0.1, -0.05) is 6.07 Å². The number of carbonyl (C=O) groups is 1. The second-order valence-corrected chi connectivity index (χ2v) is 5.95. The summed E-state index contributed by atoms with van der Waals surface area (Å²) in [6.07, 6.45) is 8.85. The highest BCUT2D eigenvalue weighted by Crippen LogP contribution is 2.16. The minimum absolute atomic E-state index is 0.0942. The molecule has 3 aromatic heterocycles. The maximum Gasteiger partial charge on any atom is 0.255 e. The van der Waals surface area contributed by atoms with Crippen molar-refractivity contribution in [3.8, 4) is 5.82 Å². The Kier molecular flexibility index (Phi) is 3.60. The number of hydrogen-bond acceptors (Lipinski definition) is 4. The zero-order chi connectivity index (χ0) is 16.5. The number of aromatic nitrogens is 5. The van der Waals surface area contributed by atoms with Gasteiger partial charge in [0.15, 0.2) is 5.82 Å². The normalized spacial score (nSPS) is 16.6. The number of carbonyl (C=O) groups excluding carboxylic acids is 1. The summed E-state index contributed by atoms with van der Waals surface area (Å²) in [4.78, 5) is 21.2. The Labute approximate surface area is 139 Å². The SMILES string of the molecule is Cc1c(C(=O)NC2CCc3nccn3C2)cnn1-c1ccccn1. The van der Waals surface area contributed by atoms with Crippen molar-refractivity contribution < 1.29 is 4.79 Å². The molecule has 1 aliphatic heterocycles. The van der Waals surface area contributed by atoms with Crippen LogP contribution in [0.5, 0.6) is 0 Å². The summed E-state index contributed by atoms with van der Waals surface area (Å²) in [5.74, 6) is 1.69. The Bertz CT molecular complexity index is 866. The number of nitrogens with zero attached hydrogens (tertiary/aromatic N) is 5. The first-order valence-corrected chi connectivity index (χ1v) is 7.99. The van der Waals surface area contributed by atoms with Crippen molar-refractivity contribution >= 4 is 5.91 Å². The molecule has 0 saturated carbocycles. The van der Waals surface area contributed by atoms with E-state index in [2.05, 4.69) is 25.0 Å². The predicted molar refractivity (Wildman–Crippen MR) is 87.9 cm³/mol. The molecule has 1 amide bonds. The van der Waals surface area contributed by atoms with Crippen LogP contribution in [0, 0.1) is 6.92 Å². The summed E-state index contributed by atoms with van der Waals surface area (Å²) in [5.41, 5.74) is 1.36. The molecule has 1 aliphatic rings. The van der Waals surface area contributed by atoms with Crippen molar-refractivity contribution in [1.82, 2.24) is 29.6 Å². The van der Waals surface area contributed by atoms with Crippen LogP contribution in [0.2, 0.25) is 0 Å². The van der Waals surface area contributed by atoms with Gasteiger partial charge in [-0.3, -0.25) is 4.79 Å². The summed E-state index contributed by atoms with van der Waals surface area (Å²) in [7, 11) is 0. The van der Waals surface area contributed by atoms with Crippen LogP contribution in [-0.2, 0) is 13.0 Å². The number of rotatable bonds is 3. The van der Waals surface area contributed by atoms with E-state index in [1.807, 2.05) is 31.3 Å². The molecule has 0 saturated heterocycles. The van der Waals surface area contributed by atoms with Crippen LogP contribution in [0.3, 0.4) is 0 Å². The van der Waals surface area contributed by atoms with Crippen LogP contribution in [0.4, 0.5) is 0 Å². The van der Waals surface area contributed by atoms with Crippen molar-refractivity contribution in [3.05, 3.63) is 60.1 Å². The van der Waals surface area contributed by atoms with Crippen molar-refractivity contribution in [1.29, 1.82) is 0 Å². The summed E-state index contributed by atoms with van der Waals surface area (Å²) < 4.78 is 3.78. The van der Waals surface area contributed by atoms with Gasteiger partial charge in [0.25, 0.3) is 5.91 Å². The topological polar surface area (TPSA) is 77.6 Å². The average Bonchev–Trinajstić information content (AvgIpc) is 3.21. The Hall–Kier alpha value is -2.96. The van der Waals surface area contributed by atoms with E-state index in [1.165, 1.54) is 0 Å². The fraction of sp³-hybridized carbons (Fsp3) is 0.294. The predicted octanol–water partition coefficient (Wildman–Crippen LogP) is 1.52. The third-order valence-electron chi connectivity index (χ3n) is 4.39. The lowest BCUT2D eigenvalue weighted by molar-refractivity contribution is 0.0927. The standard InChI is InChI=1S/C17H18N6O/c1-12-14(10-20-23(12)16-4-2-3-7-18-16)17(24)21-13-5-6-15-19-8-9-22(15)11-13/h2-4,7-10,13H,5-6,11H2,1H3,(H,21,24). The van der Waals surface area contributed by atoms with Crippen LogP contribution in [0.25, 0.3) is 5.82 Å². The zero-order valence-corrected chi connectivity index (χ0v) is 13.4. The van der Waals surface area contributed by atoms with Crippen LogP contribution < -0.4 is 5.32 Å². The minimum atomic E-state index is -0.0942. The van der Waals surface area contributed by atoms with E-state index in [-0.39, 0.29) is 11.9 Å². The second-order valence-electron chi connectivity index (χ2n) is 5.95. The molecule has 1 unspecified atom stereocenters. The Morgan fingerprint density at radius 3 is 3.04 bits per heavy atom. The molecule has 24 heavy (non-hydrogen) atoms. The summed E-state index contributed by atoms with van der Waals surface area (Å²) in [6.45, 7) is 2.64. The zero-order valence-electron chi connectivity index (χ0n) is 13.4. The molecule has 122 valence electrons. The molecule has 0 aliphatic carbocycles. The molecule has 7 nitrogen and oxygen atoms in total. The van der Waals surface area contributed by atoms with E-state index < -0.39 is 0 Å². The van der Waals surface area contributed by atoms with Crippen LogP contribution in [0.15, 0.2) is 43.0 Å². The van der Waals surface area contributed by atoms with Gasteiger partial charge in [-0.05, 0) is 25.5 Å². The highest BCUT2D eigenvalue weighted by atomic mass is 16.1. The van der Waals surface area contributed by atoms with E-state index in [4.69, 9.17) is 0 Å². The van der Waals surface area contributed by atoms with E-state index in [0.29, 0.717) is 11.4 Å². The van der Waals surface area contributed by atoms with Gasteiger partial charge in [0, 0.05) is 37.6 Å². The van der Waals surface area contributed by atoms with Crippen molar-refractivity contribution in [3.63, 3.8) is 0 Å². The fourth-order valence-electron chi connectivity index (χ4n) is 3.09. The number of nitrogens with one attached hydrogen (secondary N) is 1. The summed E-state index contributed by atoms with van der Waals surface area (Å²) >= 11 is 0.